The van der Waals surface area contributed by atoms with Crippen molar-refractivity contribution in [2.45, 2.75) is 19.3 Å². The number of nitrogens with zero attached hydrogens (tertiary/aromatic N) is 5. The Morgan fingerprint density at radius 1 is 1.11 bits per heavy atom. The summed E-state index contributed by atoms with van der Waals surface area (Å²) in [6.07, 6.45) is 1.62. The first kappa shape index (κ1) is 16.6. The van der Waals surface area contributed by atoms with Crippen LogP contribution in [-0.2, 0) is 17.9 Å². The summed E-state index contributed by atoms with van der Waals surface area (Å²) in [4.78, 5) is 8.66. The van der Waals surface area contributed by atoms with Crippen molar-refractivity contribution >= 4 is 0 Å². The third-order valence-corrected chi connectivity index (χ3v) is 4.66. The zero-order valence-corrected chi connectivity index (χ0v) is 15.1. The van der Waals surface area contributed by atoms with E-state index in [-0.39, 0.29) is 6.10 Å². The first-order valence-electron chi connectivity index (χ1n) is 8.88. The normalized spacial score (nSPS) is 16.0. The monoisotopic (exact) mass is 375 g/mol. The highest BCUT2D eigenvalue weighted by atomic mass is 16.5. The van der Waals surface area contributed by atoms with Gasteiger partial charge in [0, 0.05) is 6.20 Å². The second kappa shape index (κ2) is 6.90. The number of methoxy groups -OCH3 is 1. The summed E-state index contributed by atoms with van der Waals surface area (Å²) in [6.45, 7) is 1.08. The van der Waals surface area contributed by atoms with Crippen LogP contribution in [0.15, 0.2) is 59.3 Å². The second-order valence-corrected chi connectivity index (χ2v) is 6.41. The predicted octanol–water partition coefficient (Wildman–Crippen LogP) is 3.28. The molecule has 5 rings (SSSR count). The summed E-state index contributed by atoms with van der Waals surface area (Å²) >= 11 is 0. The topological polar surface area (TPSA) is 88.1 Å². The van der Waals surface area contributed by atoms with Crippen molar-refractivity contribution in [3.8, 4) is 28.9 Å². The Bertz CT molecular complexity index is 1090. The first-order valence-corrected chi connectivity index (χ1v) is 8.88. The minimum atomic E-state index is -0.0714. The number of fused-ring (bicyclic) bond motifs is 1. The molecular formula is C20H17N5O3. The second-order valence-electron chi connectivity index (χ2n) is 6.41. The molecule has 1 atom stereocenters. The highest BCUT2D eigenvalue weighted by Crippen LogP contribution is 2.30. The summed E-state index contributed by atoms with van der Waals surface area (Å²) in [7, 11) is 1.65. The van der Waals surface area contributed by atoms with Crippen LogP contribution in [0.4, 0.5) is 0 Å². The van der Waals surface area contributed by atoms with Crippen molar-refractivity contribution in [1.82, 2.24) is 24.9 Å². The molecule has 0 spiro atoms. The smallest absolute Gasteiger partial charge is 0.278 e. The molecule has 0 N–H and O–H groups in total. The van der Waals surface area contributed by atoms with Gasteiger partial charge in [-0.1, -0.05) is 23.4 Å². The van der Waals surface area contributed by atoms with Gasteiger partial charge in [0.05, 0.1) is 26.0 Å². The zero-order valence-electron chi connectivity index (χ0n) is 15.1. The molecule has 0 fully saturated rings. The molecule has 4 aromatic rings. The summed E-state index contributed by atoms with van der Waals surface area (Å²) in [5.74, 6) is 1.62. The van der Waals surface area contributed by atoms with Crippen molar-refractivity contribution in [3.63, 3.8) is 0 Å². The average molecular weight is 375 g/mol. The maximum Gasteiger partial charge on any atom is 0.278 e. The van der Waals surface area contributed by atoms with Crippen LogP contribution in [0.5, 0.6) is 5.75 Å². The molecule has 1 aliphatic heterocycles. The molecule has 0 aliphatic carbocycles. The van der Waals surface area contributed by atoms with Crippen LogP contribution in [0.1, 0.15) is 17.4 Å². The van der Waals surface area contributed by atoms with Gasteiger partial charge in [0.25, 0.3) is 5.89 Å². The molecule has 0 saturated carbocycles. The fourth-order valence-electron chi connectivity index (χ4n) is 3.18. The van der Waals surface area contributed by atoms with Gasteiger partial charge in [-0.15, -0.1) is 0 Å². The van der Waals surface area contributed by atoms with E-state index < -0.39 is 0 Å². The molecule has 0 radical (unpaired) electrons. The van der Waals surface area contributed by atoms with E-state index in [1.165, 1.54) is 0 Å². The number of pyridine rings is 1. The van der Waals surface area contributed by atoms with Gasteiger partial charge in [-0.2, -0.15) is 10.1 Å². The van der Waals surface area contributed by atoms with Crippen LogP contribution in [0.2, 0.25) is 0 Å². The molecule has 8 heteroatoms. The number of ether oxygens (including phenoxy) is 2. The van der Waals surface area contributed by atoms with E-state index in [0.29, 0.717) is 36.3 Å². The fraction of sp³-hybridized carbons (Fsp3) is 0.200. The van der Waals surface area contributed by atoms with E-state index in [2.05, 4.69) is 20.2 Å². The Kier molecular flexibility index (Phi) is 4.10. The third kappa shape index (κ3) is 3.03. The van der Waals surface area contributed by atoms with Gasteiger partial charge in [0.1, 0.15) is 17.5 Å². The largest absolute Gasteiger partial charge is 0.497 e. The van der Waals surface area contributed by atoms with Gasteiger partial charge >= 0.3 is 0 Å². The Balaban J connectivity index is 1.38. The van der Waals surface area contributed by atoms with E-state index in [9.17, 15) is 0 Å². The number of hydrogen-bond acceptors (Lipinski definition) is 7. The van der Waals surface area contributed by atoms with Gasteiger partial charge in [-0.3, -0.25) is 9.67 Å². The van der Waals surface area contributed by atoms with Gasteiger partial charge in [-0.05, 0) is 35.9 Å². The molecule has 3 aromatic heterocycles. The van der Waals surface area contributed by atoms with Crippen molar-refractivity contribution in [3.05, 3.63) is 66.0 Å². The quantitative estimate of drug-likeness (QED) is 0.541. The van der Waals surface area contributed by atoms with Crippen molar-refractivity contribution in [2.24, 2.45) is 0 Å². The number of benzene rings is 1. The van der Waals surface area contributed by atoms with E-state index in [0.717, 1.165) is 17.0 Å². The summed E-state index contributed by atoms with van der Waals surface area (Å²) in [5.41, 5.74) is 3.34. The minimum Gasteiger partial charge on any atom is -0.497 e. The van der Waals surface area contributed by atoms with Crippen molar-refractivity contribution < 1.29 is 14.0 Å². The molecule has 4 heterocycles. The van der Waals surface area contributed by atoms with Crippen LogP contribution in [-0.4, -0.2) is 32.0 Å². The van der Waals surface area contributed by atoms with E-state index >= 15 is 0 Å². The molecular weight excluding hydrogens is 358 g/mol. The average Bonchev–Trinajstić information content (AvgIpc) is 3.41. The summed E-state index contributed by atoms with van der Waals surface area (Å²) in [6, 6.07) is 15.4. The molecule has 0 saturated heterocycles. The van der Waals surface area contributed by atoms with E-state index in [4.69, 9.17) is 14.0 Å². The van der Waals surface area contributed by atoms with Crippen LogP contribution >= 0.6 is 0 Å². The summed E-state index contributed by atoms with van der Waals surface area (Å²) < 4.78 is 18.5. The lowest BCUT2D eigenvalue weighted by atomic mass is 10.1. The standard InChI is InChI=1S/C20H17N5O3/c1-26-15-7-5-13(6-8-15)18-11-25-14(12-27-18)10-17(23-25)20-22-19(24-28-20)16-4-2-3-9-21-16/h2-10,18H,11-12H2,1H3. The lowest BCUT2D eigenvalue weighted by Gasteiger charge is -2.24. The van der Waals surface area contributed by atoms with Crippen molar-refractivity contribution in [2.75, 3.05) is 7.11 Å². The SMILES string of the molecule is COc1ccc(C2Cn3nc(-c4nc(-c5ccccn5)no4)cc3CO2)cc1. The first-order chi connectivity index (χ1) is 13.8. The molecule has 1 aliphatic rings. The maximum absolute atomic E-state index is 6.01. The molecule has 140 valence electrons. The molecule has 0 bridgehead atoms. The van der Waals surface area contributed by atoms with E-state index in [1.54, 1.807) is 13.3 Å². The maximum atomic E-state index is 6.01. The number of aromatic nitrogens is 5. The van der Waals surface area contributed by atoms with Gasteiger partial charge < -0.3 is 14.0 Å². The Morgan fingerprint density at radius 2 is 2.00 bits per heavy atom. The van der Waals surface area contributed by atoms with Gasteiger partial charge in [0.15, 0.2) is 5.69 Å². The Labute approximate surface area is 160 Å². The lowest BCUT2D eigenvalue weighted by Crippen LogP contribution is -2.21. The fourth-order valence-corrected chi connectivity index (χ4v) is 3.18. The number of rotatable bonds is 4. The van der Waals surface area contributed by atoms with Gasteiger partial charge in [-0.25, -0.2) is 0 Å². The minimum absolute atomic E-state index is 0.0714. The summed E-state index contributed by atoms with van der Waals surface area (Å²) in [5, 5.41) is 8.64. The third-order valence-electron chi connectivity index (χ3n) is 4.66. The predicted molar refractivity (Wildman–Crippen MR) is 99.3 cm³/mol. The molecule has 1 aromatic carbocycles. The van der Waals surface area contributed by atoms with Crippen LogP contribution < -0.4 is 4.74 Å². The molecule has 0 amide bonds. The van der Waals surface area contributed by atoms with Crippen LogP contribution in [0.3, 0.4) is 0 Å². The number of hydrogen-bond donors (Lipinski definition) is 0. The molecule has 28 heavy (non-hydrogen) atoms. The highest BCUT2D eigenvalue weighted by Gasteiger charge is 2.24. The Morgan fingerprint density at radius 3 is 2.79 bits per heavy atom. The van der Waals surface area contributed by atoms with Crippen molar-refractivity contribution in [1.29, 1.82) is 0 Å². The lowest BCUT2D eigenvalue weighted by molar-refractivity contribution is -0.00115. The van der Waals surface area contributed by atoms with Crippen LogP contribution in [0, 0.1) is 0 Å². The highest BCUT2D eigenvalue weighted by molar-refractivity contribution is 5.54. The Hall–Kier alpha value is -3.52. The van der Waals surface area contributed by atoms with E-state index in [1.807, 2.05) is 53.2 Å². The van der Waals surface area contributed by atoms with Crippen LogP contribution in [0.25, 0.3) is 23.1 Å². The zero-order chi connectivity index (χ0) is 18.9. The molecule has 1 unspecified atom stereocenters. The van der Waals surface area contributed by atoms with Gasteiger partial charge in [0.2, 0.25) is 5.82 Å². The molecule has 8 nitrogen and oxygen atoms in total.